The van der Waals surface area contributed by atoms with Crippen LogP contribution in [0.2, 0.25) is 0 Å². The van der Waals surface area contributed by atoms with Crippen LogP contribution in [0.15, 0.2) is 29.8 Å². The first-order valence-electron chi connectivity index (χ1n) is 7.54. The molecule has 0 atom stereocenters. The Kier molecular flexibility index (Phi) is 4.61. The van der Waals surface area contributed by atoms with Crippen LogP contribution in [-0.2, 0) is 0 Å². The van der Waals surface area contributed by atoms with Gasteiger partial charge in [-0.2, -0.15) is 0 Å². The molecule has 1 heterocycles. The maximum Gasteiger partial charge on any atom is 0.255 e. The van der Waals surface area contributed by atoms with E-state index in [0.717, 1.165) is 17.8 Å². The van der Waals surface area contributed by atoms with Crippen LogP contribution in [-0.4, -0.2) is 29.8 Å². The molecule has 7 heteroatoms. The minimum atomic E-state index is -0.202. The van der Waals surface area contributed by atoms with E-state index in [2.05, 4.69) is 10.3 Å². The Morgan fingerprint density at radius 3 is 2.92 bits per heavy atom. The van der Waals surface area contributed by atoms with E-state index in [0.29, 0.717) is 22.6 Å². The molecule has 24 heavy (non-hydrogen) atoms. The predicted molar refractivity (Wildman–Crippen MR) is 95.9 cm³/mol. The van der Waals surface area contributed by atoms with Gasteiger partial charge in [-0.25, -0.2) is 4.98 Å². The molecule has 124 valence electrons. The number of ether oxygens (including phenoxy) is 1. The first-order chi connectivity index (χ1) is 11.6. The summed E-state index contributed by atoms with van der Waals surface area (Å²) in [4.78, 5) is 16.5. The summed E-state index contributed by atoms with van der Waals surface area (Å²) in [5, 5.41) is 13.9. The van der Waals surface area contributed by atoms with Crippen LogP contribution < -0.4 is 15.8 Å². The van der Waals surface area contributed by atoms with Gasteiger partial charge in [-0.1, -0.05) is 0 Å². The number of allylic oxidation sites excluding steroid dienone is 1. The maximum atomic E-state index is 12.4. The number of hydrogen-bond acceptors (Lipinski definition) is 6. The third-order valence-electron chi connectivity index (χ3n) is 3.66. The molecule has 0 aliphatic heterocycles. The molecule has 3 rings (SSSR count). The number of nitrogens with one attached hydrogen (secondary N) is 2. The number of carbonyl (C=O) groups excluding carboxylic acids is 1. The summed E-state index contributed by atoms with van der Waals surface area (Å²) in [6.45, 7) is 0. The van der Waals surface area contributed by atoms with E-state index in [1.807, 2.05) is 5.38 Å². The molecule has 1 saturated carbocycles. The zero-order valence-electron chi connectivity index (χ0n) is 13.2. The zero-order valence-corrected chi connectivity index (χ0v) is 14.0. The van der Waals surface area contributed by atoms with E-state index in [4.69, 9.17) is 15.9 Å². The minimum Gasteiger partial charge on any atom is -0.495 e. The summed E-state index contributed by atoms with van der Waals surface area (Å²) in [6.07, 6.45) is 7.05. The van der Waals surface area contributed by atoms with Gasteiger partial charge < -0.3 is 21.2 Å². The van der Waals surface area contributed by atoms with E-state index in [1.54, 1.807) is 30.5 Å². The van der Waals surface area contributed by atoms with E-state index in [9.17, 15) is 4.79 Å². The molecule has 0 bridgehead atoms. The number of amides is 1. The third kappa shape index (κ3) is 3.46. The van der Waals surface area contributed by atoms with Crippen molar-refractivity contribution >= 4 is 34.7 Å². The molecule has 4 N–H and O–H groups in total. The van der Waals surface area contributed by atoms with Gasteiger partial charge in [0.2, 0.25) is 0 Å². The second kappa shape index (κ2) is 6.84. The van der Waals surface area contributed by atoms with Gasteiger partial charge in [-0.15, -0.1) is 11.3 Å². The van der Waals surface area contributed by atoms with E-state index >= 15 is 0 Å². The average Bonchev–Trinajstić information content (AvgIpc) is 3.23. The summed E-state index contributed by atoms with van der Waals surface area (Å²) in [5.41, 5.74) is 7.39. The van der Waals surface area contributed by atoms with Crippen molar-refractivity contribution in [1.82, 2.24) is 10.3 Å². The largest absolute Gasteiger partial charge is 0.495 e. The van der Waals surface area contributed by atoms with Crippen LogP contribution in [0.5, 0.6) is 5.75 Å². The number of nitrogens with zero attached hydrogens (tertiary/aromatic N) is 1. The lowest BCUT2D eigenvalue weighted by Gasteiger charge is -2.15. The fraction of sp³-hybridized carbons (Fsp3) is 0.235. The highest BCUT2D eigenvalue weighted by Crippen LogP contribution is 2.31. The van der Waals surface area contributed by atoms with Gasteiger partial charge in [0.1, 0.15) is 10.8 Å². The molecule has 6 nitrogen and oxygen atoms in total. The van der Waals surface area contributed by atoms with Crippen molar-refractivity contribution in [3.05, 3.63) is 45.9 Å². The van der Waals surface area contributed by atoms with Gasteiger partial charge in [-0.05, 0) is 37.1 Å². The Balaban J connectivity index is 1.93. The average molecular weight is 342 g/mol. The number of anilines is 1. The molecule has 2 aromatic rings. The SMILES string of the molecule is COc1c(C(=O)NC2CC2)ccc(N)c1C(=N)/C=C/c1nccs1. The Labute approximate surface area is 143 Å². The molecular weight excluding hydrogens is 324 g/mol. The zero-order chi connectivity index (χ0) is 17.1. The van der Waals surface area contributed by atoms with Gasteiger partial charge in [0.05, 0.1) is 23.9 Å². The van der Waals surface area contributed by atoms with Gasteiger partial charge in [0.25, 0.3) is 5.91 Å². The van der Waals surface area contributed by atoms with Crippen LogP contribution in [0.1, 0.15) is 33.8 Å². The Morgan fingerprint density at radius 2 is 2.29 bits per heavy atom. The van der Waals surface area contributed by atoms with Crippen LogP contribution in [0, 0.1) is 5.41 Å². The molecule has 1 aliphatic carbocycles. The topological polar surface area (TPSA) is 101 Å². The maximum absolute atomic E-state index is 12.4. The van der Waals surface area contributed by atoms with E-state index in [-0.39, 0.29) is 17.7 Å². The lowest BCUT2D eigenvalue weighted by atomic mass is 10.0. The summed E-state index contributed by atoms with van der Waals surface area (Å²) < 4.78 is 5.41. The predicted octanol–water partition coefficient (Wildman–Crippen LogP) is 2.71. The van der Waals surface area contributed by atoms with Crippen LogP contribution in [0.25, 0.3) is 6.08 Å². The normalized spacial score (nSPS) is 13.9. The fourth-order valence-electron chi connectivity index (χ4n) is 2.31. The van der Waals surface area contributed by atoms with Crippen LogP contribution in [0.3, 0.4) is 0 Å². The number of carbonyl (C=O) groups is 1. The quantitative estimate of drug-likeness (QED) is 0.555. The summed E-state index contributed by atoms with van der Waals surface area (Å²) in [6, 6.07) is 3.51. The number of nitrogens with two attached hydrogens (primary N) is 1. The minimum absolute atomic E-state index is 0.167. The molecule has 1 aromatic heterocycles. The highest BCUT2D eigenvalue weighted by Gasteiger charge is 2.26. The van der Waals surface area contributed by atoms with Crippen molar-refractivity contribution < 1.29 is 9.53 Å². The standard InChI is InChI=1S/C17H18N4O2S/c1-23-16-11(17(22)21-10-2-3-10)4-5-12(18)15(16)13(19)6-7-14-20-8-9-24-14/h4-10,19H,2-3,18H2,1H3,(H,21,22)/b7-6+,19-13?. The second-order valence-electron chi connectivity index (χ2n) is 5.48. The summed E-state index contributed by atoms with van der Waals surface area (Å²) in [5.74, 6) is 0.120. The van der Waals surface area contributed by atoms with Gasteiger partial charge in [0, 0.05) is 23.3 Å². The van der Waals surface area contributed by atoms with Crippen molar-refractivity contribution in [2.24, 2.45) is 0 Å². The molecule has 1 amide bonds. The smallest absolute Gasteiger partial charge is 0.255 e. The highest BCUT2D eigenvalue weighted by molar-refractivity contribution is 7.10. The first kappa shape index (κ1) is 16.2. The highest BCUT2D eigenvalue weighted by atomic mass is 32.1. The Bertz CT molecular complexity index is 795. The molecule has 1 aliphatic rings. The van der Waals surface area contributed by atoms with Crippen molar-refractivity contribution in [2.75, 3.05) is 12.8 Å². The number of nitrogen functional groups attached to an aromatic ring is 1. The molecule has 0 saturated heterocycles. The van der Waals surface area contributed by atoms with Crippen molar-refractivity contribution in [3.8, 4) is 5.75 Å². The number of thiazole rings is 1. The molecule has 0 radical (unpaired) electrons. The van der Waals surface area contributed by atoms with Gasteiger partial charge >= 0.3 is 0 Å². The second-order valence-corrected chi connectivity index (χ2v) is 6.40. The van der Waals surface area contributed by atoms with E-state index in [1.165, 1.54) is 18.4 Å². The number of methoxy groups -OCH3 is 1. The molecule has 1 fully saturated rings. The summed E-state index contributed by atoms with van der Waals surface area (Å²) in [7, 11) is 1.48. The lowest BCUT2D eigenvalue weighted by molar-refractivity contribution is 0.0948. The summed E-state index contributed by atoms with van der Waals surface area (Å²) >= 11 is 1.47. The van der Waals surface area contributed by atoms with Crippen molar-refractivity contribution in [1.29, 1.82) is 5.41 Å². The fourth-order valence-corrected chi connectivity index (χ4v) is 2.84. The van der Waals surface area contributed by atoms with Gasteiger partial charge in [-0.3, -0.25) is 4.79 Å². The Morgan fingerprint density at radius 1 is 1.50 bits per heavy atom. The van der Waals surface area contributed by atoms with Crippen LogP contribution >= 0.6 is 11.3 Å². The first-order valence-corrected chi connectivity index (χ1v) is 8.42. The third-order valence-corrected chi connectivity index (χ3v) is 4.41. The molecule has 1 aromatic carbocycles. The van der Waals surface area contributed by atoms with E-state index < -0.39 is 0 Å². The van der Waals surface area contributed by atoms with Gasteiger partial charge in [0.15, 0.2) is 0 Å². The van der Waals surface area contributed by atoms with Crippen molar-refractivity contribution in [3.63, 3.8) is 0 Å². The monoisotopic (exact) mass is 342 g/mol. The number of aromatic nitrogens is 1. The number of hydrogen-bond donors (Lipinski definition) is 3. The van der Waals surface area contributed by atoms with Crippen molar-refractivity contribution in [2.45, 2.75) is 18.9 Å². The van der Waals surface area contributed by atoms with Crippen LogP contribution in [0.4, 0.5) is 5.69 Å². The molecule has 0 unspecified atom stereocenters. The molecular formula is C17H18N4O2S. The number of benzene rings is 1. The Hall–Kier alpha value is -2.67. The lowest BCUT2D eigenvalue weighted by Crippen LogP contribution is -2.26. The number of rotatable bonds is 6. The molecule has 0 spiro atoms.